The van der Waals surface area contributed by atoms with Gasteiger partial charge in [0.2, 0.25) is 0 Å². The Labute approximate surface area is 134 Å². The highest BCUT2D eigenvalue weighted by Crippen LogP contribution is 2.33. The molecule has 0 radical (unpaired) electrons. The number of benzene rings is 1. The van der Waals surface area contributed by atoms with E-state index in [1.165, 1.54) is 17.4 Å². The molecule has 2 fully saturated rings. The molecule has 1 saturated heterocycles. The number of hydrogen-bond donors (Lipinski definition) is 1. The number of halogens is 2. The van der Waals surface area contributed by atoms with E-state index in [-0.39, 0.29) is 17.7 Å². The summed E-state index contributed by atoms with van der Waals surface area (Å²) in [5, 5.41) is 0. The van der Waals surface area contributed by atoms with Crippen LogP contribution in [0.3, 0.4) is 0 Å². The molecular weight excluding hydrogens is 302 g/mol. The van der Waals surface area contributed by atoms with Gasteiger partial charge in [0.1, 0.15) is 11.6 Å². The Morgan fingerprint density at radius 2 is 1.91 bits per heavy atom. The highest BCUT2D eigenvalue weighted by atomic mass is 19.1. The molecule has 1 atom stereocenters. The second-order valence-electron chi connectivity index (χ2n) is 6.30. The average Bonchev–Trinajstić information content (AvgIpc) is 3.05. The maximum Gasteiger partial charge on any atom is 0.341 e. The largest absolute Gasteiger partial charge is 0.341 e. The first-order chi connectivity index (χ1) is 11.1. The summed E-state index contributed by atoms with van der Waals surface area (Å²) in [5.41, 5.74) is 2.73. The SMILES string of the molecule is O=C(NOC1CCCCC1)N1CCCC1c1cc(F)ccc1F. The molecule has 2 aliphatic rings. The molecule has 0 aromatic heterocycles. The van der Waals surface area contributed by atoms with Crippen molar-refractivity contribution in [3.63, 3.8) is 0 Å². The number of hydroxylamine groups is 1. The summed E-state index contributed by atoms with van der Waals surface area (Å²) in [6.45, 7) is 0.514. The quantitative estimate of drug-likeness (QED) is 0.851. The van der Waals surface area contributed by atoms with E-state index in [1.807, 2.05) is 0 Å². The summed E-state index contributed by atoms with van der Waals surface area (Å²) in [6.07, 6.45) is 6.77. The smallest absolute Gasteiger partial charge is 0.316 e. The van der Waals surface area contributed by atoms with Gasteiger partial charge in [-0.3, -0.25) is 4.84 Å². The number of urea groups is 1. The standard InChI is InChI=1S/C17H22F2N2O2/c18-12-8-9-15(19)14(11-12)16-7-4-10-21(16)17(22)20-23-13-5-2-1-3-6-13/h8-9,11,13,16H,1-7,10H2,(H,20,22). The van der Waals surface area contributed by atoms with E-state index in [9.17, 15) is 13.6 Å². The van der Waals surface area contributed by atoms with Crippen molar-refractivity contribution in [3.8, 4) is 0 Å². The van der Waals surface area contributed by atoms with Crippen molar-refractivity contribution < 1.29 is 18.4 Å². The van der Waals surface area contributed by atoms with Gasteiger partial charge in [0.05, 0.1) is 12.1 Å². The number of nitrogens with one attached hydrogen (secondary N) is 1. The number of nitrogens with zero attached hydrogens (tertiary/aromatic N) is 1. The molecule has 2 amide bonds. The Balaban J connectivity index is 1.63. The highest BCUT2D eigenvalue weighted by molar-refractivity contribution is 5.74. The van der Waals surface area contributed by atoms with Crippen LogP contribution < -0.4 is 5.48 Å². The summed E-state index contributed by atoms with van der Waals surface area (Å²) in [4.78, 5) is 19.4. The van der Waals surface area contributed by atoms with Gasteiger partial charge in [-0.15, -0.1) is 0 Å². The van der Waals surface area contributed by atoms with Crippen LogP contribution in [-0.2, 0) is 4.84 Å². The van der Waals surface area contributed by atoms with Crippen molar-refractivity contribution in [2.45, 2.75) is 57.1 Å². The maximum absolute atomic E-state index is 14.0. The topological polar surface area (TPSA) is 41.6 Å². The van der Waals surface area contributed by atoms with Crippen LogP contribution in [0.2, 0.25) is 0 Å². The van der Waals surface area contributed by atoms with Crippen LogP contribution in [-0.4, -0.2) is 23.6 Å². The number of amides is 2. The van der Waals surface area contributed by atoms with Gasteiger partial charge >= 0.3 is 6.03 Å². The molecule has 1 N–H and O–H groups in total. The molecular formula is C17H22F2N2O2. The van der Waals surface area contributed by atoms with Crippen LogP contribution in [0.15, 0.2) is 18.2 Å². The summed E-state index contributed by atoms with van der Waals surface area (Å²) in [6, 6.07) is 2.55. The van der Waals surface area contributed by atoms with Crippen molar-refractivity contribution in [1.29, 1.82) is 0 Å². The van der Waals surface area contributed by atoms with Gasteiger partial charge in [0.25, 0.3) is 0 Å². The molecule has 126 valence electrons. The summed E-state index contributed by atoms with van der Waals surface area (Å²) >= 11 is 0. The van der Waals surface area contributed by atoms with Crippen LogP contribution in [0.4, 0.5) is 13.6 Å². The second-order valence-corrected chi connectivity index (χ2v) is 6.30. The van der Waals surface area contributed by atoms with E-state index < -0.39 is 17.7 Å². The van der Waals surface area contributed by atoms with Crippen molar-refractivity contribution in [2.24, 2.45) is 0 Å². The summed E-state index contributed by atoms with van der Waals surface area (Å²) in [5.74, 6) is -0.976. The Hall–Kier alpha value is -1.69. The minimum atomic E-state index is -0.493. The van der Waals surface area contributed by atoms with E-state index in [4.69, 9.17) is 4.84 Å². The predicted molar refractivity (Wildman–Crippen MR) is 81.5 cm³/mol. The minimum absolute atomic E-state index is 0.0552. The third-order valence-electron chi connectivity index (χ3n) is 4.70. The average molecular weight is 324 g/mol. The maximum atomic E-state index is 14.0. The fourth-order valence-corrected chi connectivity index (χ4v) is 3.48. The van der Waals surface area contributed by atoms with Gasteiger partial charge in [-0.25, -0.2) is 19.1 Å². The zero-order valence-electron chi connectivity index (χ0n) is 13.1. The normalized spacial score (nSPS) is 22.3. The monoisotopic (exact) mass is 324 g/mol. The first-order valence-corrected chi connectivity index (χ1v) is 8.32. The molecule has 1 aliphatic heterocycles. The summed E-state index contributed by atoms with van der Waals surface area (Å²) in [7, 11) is 0. The number of carbonyl (C=O) groups excluding carboxylic acids is 1. The number of likely N-dealkylation sites (tertiary alicyclic amines) is 1. The molecule has 1 saturated carbocycles. The Morgan fingerprint density at radius 3 is 2.70 bits per heavy atom. The molecule has 23 heavy (non-hydrogen) atoms. The molecule has 6 heteroatoms. The highest BCUT2D eigenvalue weighted by Gasteiger charge is 2.32. The van der Waals surface area contributed by atoms with Crippen LogP contribution in [0.1, 0.15) is 56.6 Å². The lowest BCUT2D eigenvalue weighted by Crippen LogP contribution is -2.41. The third-order valence-corrected chi connectivity index (χ3v) is 4.70. The molecule has 0 spiro atoms. The van der Waals surface area contributed by atoms with Crippen LogP contribution in [0, 0.1) is 11.6 Å². The van der Waals surface area contributed by atoms with Crippen molar-refractivity contribution >= 4 is 6.03 Å². The van der Waals surface area contributed by atoms with Gasteiger partial charge in [-0.1, -0.05) is 19.3 Å². The number of carbonyl (C=O) groups is 1. The van der Waals surface area contributed by atoms with E-state index >= 15 is 0 Å². The Morgan fingerprint density at radius 1 is 1.13 bits per heavy atom. The van der Waals surface area contributed by atoms with Gasteiger partial charge in [0.15, 0.2) is 0 Å². The second kappa shape index (κ2) is 7.25. The minimum Gasteiger partial charge on any atom is -0.316 e. The lowest BCUT2D eigenvalue weighted by Gasteiger charge is -2.27. The van der Waals surface area contributed by atoms with E-state index in [2.05, 4.69) is 5.48 Å². The third kappa shape index (κ3) is 3.80. The Kier molecular flexibility index (Phi) is 5.10. The van der Waals surface area contributed by atoms with Gasteiger partial charge in [-0.2, -0.15) is 0 Å². The molecule has 1 aliphatic carbocycles. The zero-order chi connectivity index (χ0) is 16.2. The number of rotatable bonds is 3. The molecule has 1 heterocycles. The molecule has 3 rings (SSSR count). The number of hydrogen-bond acceptors (Lipinski definition) is 2. The fraction of sp³-hybridized carbons (Fsp3) is 0.588. The first kappa shape index (κ1) is 16.2. The van der Waals surface area contributed by atoms with Crippen LogP contribution in [0.5, 0.6) is 0 Å². The van der Waals surface area contributed by atoms with Gasteiger partial charge < -0.3 is 4.90 Å². The van der Waals surface area contributed by atoms with Crippen molar-refractivity contribution in [1.82, 2.24) is 10.4 Å². The fourth-order valence-electron chi connectivity index (χ4n) is 3.48. The molecule has 1 unspecified atom stereocenters. The molecule has 4 nitrogen and oxygen atoms in total. The van der Waals surface area contributed by atoms with E-state index in [0.29, 0.717) is 13.0 Å². The lowest BCUT2D eigenvalue weighted by molar-refractivity contribution is -0.0297. The van der Waals surface area contributed by atoms with Crippen molar-refractivity contribution in [2.75, 3.05) is 6.54 Å². The summed E-state index contributed by atoms with van der Waals surface area (Å²) < 4.78 is 27.4. The van der Waals surface area contributed by atoms with Crippen LogP contribution in [0.25, 0.3) is 0 Å². The molecule has 0 bridgehead atoms. The predicted octanol–water partition coefficient (Wildman–Crippen LogP) is 4.08. The Bertz CT molecular complexity index is 562. The van der Waals surface area contributed by atoms with Gasteiger partial charge in [-0.05, 0) is 43.9 Å². The van der Waals surface area contributed by atoms with E-state index in [0.717, 1.165) is 44.2 Å². The van der Waals surface area contributed by atoms with Gasteiger partial charge in [0, 0.05) is 12.1 Å². The molecule has 1 aromatic rings. The van der Waals surface area contributed by atoms with Crippen molar-refractivity contribution in [3.05, 3.63) is 35.4 Å². The lowest BCUT2D eigenvalue weighted by atomic mass is 9.98. The molecule has 1 aromatic carbocycles. The zero-order valence-corrected chi connectivity index (χ0v) is 13.1. The first-order valence-electron chi connectivity index (χ1n) is 8.32. The van der Waals surface area contributed by atoms with Crippen LogP contribution >= 0.6 is 0 Å². The van der Waals surface area contributed by atoms with E-state index in [1.54, 1.807) is 0 Å².